The third kappa shape index (κ3) is 4.99. The molecule has 4 rings (SSSR count). The van der Waals surface area contributed by atoms with Crippen LogP contribution in [0.3, 0.4) is 0 Å². The maximum absolute atomic E-state index is 13.9. The predicted molar refractivity (Wildman–Crippen MR) is 146 cm³/mol. The highest BCUT2D eigenvalue weighted by Gasteiger charge is 2.42. The molecule has 0 aromatic heterocycles. The zero-order chi connectivity index (χ0) is 27.6. The standard InChI is InChI=1S/C29H32BrNO7/c1-7-38-24-14-18(10-19(30)28(24)36-5)26-25(29(33)37-6)15(2)31-20-11-17(12-21(32)27(20)26)16-8-9-22(34-3)23(13-16)35-4/h8-10,13-14,17,26,31H,7,11-12H2,1-6H3/t17-,26+/m1/s1. The summed E-state index contributed by atoms with van der Waals surface area (Å²) in [6, 6.07) is 9.43. The summed E-state index contributed by atoms with van der Waals surface area (Å²) in [7, 11) is 6.09. The molecular weight excluding hydrogens is 554 g/mol. The molecule has 0 spiro atoms. The van der Waals surface area contributed by atoms with Gasteiger partial charge < -0.3 is 29.0 Å². The molecule has 0 saturated carbocycles. The first-order valence-corrected chi connectivity index (χ1v) is 13.1. The Bertz CT molecular complexity index is 1330. The van der Waals surface area contributed by atoms with E-state index in [9.17, 15) is 9.59 Å². The zero-order valence-electron chi connectivity index (χ0n) is 22.4. The van der Waals surface area contributed by atoms with Gasteiger partial charge in [-0.1, -0.05) is 6.07 Å². The fourth-order valence-corrected chi connectivity index (χ4v) is 5.93. The van der Waals surface area contributed by atoms with E-state index in [1.54, 1.807) is 21.3 Å². The highest BCUT2D eigenvalue weighted by Crippen LogP contribution is 2.49. The molecular formula is C29H32BrNO7. The van der Waals surface area contributed by atoms with Gasteiger partial charge in [-0.05, 0) is 77.5 Å². The van der Waals surface area contributed by atoms with Gasteiger partial charge in [-0.3, -0.25) is 4.79 Å². The molecule has 202 valence electrons. The number of esters is 1. The number of nitrogens with one attached hydrogen (secondary N) is 1. The fourth-order valence-electron chi connectivity index (χ4n) is 5.31. The van der Waals surface area contributed by atoms with Crippen LogP contribution in [0, 0.1) is 0 Å². The van der Waals surface area contributed by atoms with Gasteiger partial charge >= 0.3 is 5.97 Å². The minimum atomic E-state index is -0.626. The molecule has 1 aliphatic carbocycles. The molecule has 0 saturated heterocycles. The zero-order valence-corrected chi connectivity index (χ0v) is 24.0. The van der Waals surface area contributed by atoms with E-state index in [4.69, 9.17) is 23.7 Å². The van der Waals surface area contributed by atoms with Crippen LogP contribution in [0.1, 0.15) is 49.7 Å². The van der Waals surface area contributed by atoms with Crippen LogP contribution >= 0.6 is 15.9 Å². The number of rotatable bonds is 8. The smallest absolute Gasteiger partial charge is 0.336 e. The van der Waals surface area contributed by atoms with Gasteiger partial charge in [0.15, 0.2) is 28.8 Å². The molecule has 0 unspecified atom stereocenters. The van der Waals surface area contributed by atoms with E-state index < -0.39 is 11.9 Å². The second-order valence-corrected chi connectivity index (χ2v) is 9.94. The molecule has 2 aromatic rings. The van der Waals surface area contributed by atoms with Crippen LogP contribution in [-0.2, 0) is 14.3 Å². The number of dihydropyridines is 1. The summed E-state index contributed by atoms with van der Waals surface area (Å²) in [5.74, 6) is 1.08. The lowest BCUT2D eigenvalue weighted by Crippen LogP contribution is -2.36. The Kier molecular flexibility index (Phi) is 8.35. The predicted octanol–water partition coefficient (Wildman–Crippen LogP) is 5.41. The number of Topliss-reactive ketones (excluding diaryl/α,β-unsaturated/α-hetero) is 1. The Morgan fingerprint density at radius 1 is 0.974 bits per heavy atom. The number of allylic oxidation sites excluding steroid dienone is 3. The van der Waals surface area contributed by atoms with Gasteiger partial charge in [0, 0.05) is 29.3 Å². The average molecular weight is 586 g/mol. The molecule has 1 N–H and O–H groups in total. The van der Waals surface area contributed by atoms with E-state index in [1.165, 1.54) is 7.11 Å². The van der Waals surface area contributed by atoms with E-state index >= 15 is 0 Å². The number of carbonyl (C=O) groups excluding carboxylic acids is 2. The van der Waals surface area contributed by atoms with E-state index in [-0.39, 0.29) is 18.1 Å². The summed E-state index contributed by atoms with van der Waals surface area (Å²) in [6.07, 6.45) is 0.879. The maximum atomic E-state index is 13.9. The minimum absolute atomic E-state index is 0.0395. The molecule has 2 atom stereocenters. The highest BCUT2D eigenvalue weighted by molar-refractivity contribution is 9.10. The number of carbonyl (C=O) groups is 2. The Labute approximate surface area is 231 Å². The van der Waals surface area contributed by atoms with Crippen LogP contribution in [0.4, 0.5) is 0 Å². The molecule has 8 nitrogen and oxygen atoms in total. The molecule has 0 bridgehead atoms. The van der Waals surface area contributed by atoms with Crippen molar-refractivity contribution >= 4 is 27.7 Å². The first kappa shape index (κ1) is 27.6. The second-order valence-electron chi connectivity index (χ2n) is 9.09. The van der Waals surface area contributed by atoms with Gasteiger partial charge in [0.2, 0.25) is 0 Å². The summed E-state index contributed by atoms with van der Waals surface area (Å²) in [5.41, 5.74) is 4.10. The van der Waals surface area contributed by atoms with Crippen molar-refractivity contribution in [3.8, 4) is 23.0 Å². The lowest BCUT2D eigenvalue weighted by Gasteiger charge is -2.37. The van der Waals surface area contributed by atoms with E-state index in [0.717, 1.165) is 16.8 Å². The van der Waals surface area contributed by atoms with Crippen molar-refractivity contribution in [3.05, 3.63) is 68.5 Å². The van der Waals surface area contributed by atoms with Crippen LogP contribution in [-0.4, -0.2) is 46.8 Å². The lowest BCUT2D eigenvalue weighted by atomic mass is 9.71. The van der Waals surface area contributed by atoms with Gasteiger partial charge in [-0.25, -0.2) is 4.79 Å². The third-order valence-electron chi connectivity index (χ3n) is 6.98. The van der Waals surface area contributed by atoms with Crippen molar-refractivity contribution in [1.29, 1.82) is 0 Å². The fraction of sp³-hybridized carbons (Fsp3) is 0.379. The number of halogens is 1. The first-order chi connectivity index (χ1) is 18.3. The number of ether oxygens (including phenoxy) is 5. The molecule has 1 aliphatic heterocycles. The number of hydrogen-bond donors (Lipinski definition) is 1. The van der Waals surface area contributed by atoms with Crippen molar-refractivity contribution in [2.24, 2.45) is 0 Å². The minimum Gasteiger partial charge on any atom is -0.493 e. The Balaban J connectivity index is 1.84. The van der Waals surface area contributed by atoms with Crippen molar-refractivity contribution in [3.63, 3.8) is 0 Å². The van der Waals surface area contributed by atoms with Gasteiger partial charge in [0.05, 0.1) is 45.1 Å². The van der Waals surface area contributed by atoms with Gasteiger partial charge in [-0.15, -0.1) is 0 Å². The molecule has 0 amide bonds. The van der Waals surface area contributed by atoms with Crippen LogP contribution in [0.25, 0.3) is 0 Å². The molecule has 38 heavy (non-hydrogen) atoms. The molecule has 9 heteroatoms. The van der Waals surface area contributed by atoms with Gasteiger partial charge in [-0.2, -0.15) is 0 Å². The van der Waals surface area contributed by atoms with Gasteiger partial charge in [0.1, 0.15) is 0 Å². The van der Waals surface area contributed by atoms with Crippen molar-refractivity contribution in [1.82, 2.24) is 5.32 Å². The molecule has 1 heterocycles. The first-order valence-electron chi connectivity index (χ1n) is 12.3. The van der Waals surface area contributed by atoms with Crippen molar-refractivity contribution in [2.75, 3.05) is 35.0 Å². The number of hydrogen-bond acceptors (Lipinski definition) is 8. The summed E-state index contributed by atoms with van der Waals surface area (Å²) in [6.45, 7) is 4.14. The van der Waals surface area contributed by atoms with Crippen LogP contribution in [0.2, 0.25) is 0 Å². The maximum Gasteiger partial charge on any atom is 0.336 e. The second kappa shape index (κ2) is 11.5. The lowest BCUT2D eigenvalue weighted by molar-refractivity contribution is -0.136. The van der Waals surface area contributed by atoms with E-state index in [2.05, 4.69) is 21.2 Å². The van der Waals surface area contributed by atoms with Crippen LogP contribution < -0.4 is 24.3 Å². The third-order valence-corrected chi connectivity index (χ3v) is 7.57. The van der Waals surface area contributed by atoms with Crippen molar-refractivity contribution in [2.45, 2.75) is 38.5 Å². The topological polar surface area (TPSA) is 92.3 Å². The summed E-state index contributed by atoms with van der Waals surface area (Å²) < 4.78 is 28.0. The Morgan fingerprint density at radius 2 is 1.68 bits per heavy atom. The Hall–Kier alpha value is -3.46. The number of methoxy groups -OCH3 is 4. The van der Waals surface area contributed by atoms with Crippen LogP contribution in [0.15, 0.2) is 57.3 Å². The summed E-state index contributed by atoms with van der Waals surface area (Å²) >= 11 is 3.58. The quantitative estimate of drug-likeness (QED) is 0.411. The summed E-state index contributed by atoms with van der Waals surface area (Å²) in [4.78, 5) is 26.9. The molecule has 2 aromatic carbocycles. The largest absolute Gasteiger partial charge is 0.493 e. The monoisotopic (exact) mass is 585 g/mol. The van der Waals surface area contributed by atoms with E-state index in [1.807, 2.05) is 44.2 Å². The molecule has 0 radical (unpaired) electrons. The highest BCUT2D eigenvalue weighted by atomic mass is 79.9. The normalized spacial score (nSPS) is 19.0. The SMILES string of the molecule is CCOc1cc([C@H]2C(C(=O)OC)=C(C)NC3=C2C(=O)C[C@H](c2ccc(OC)c(OC)c2)C3)cc(Br)c1OC. The molecule has 2 aliphatic rings. The van der Waals surface area contributed by atoms with E-state index in [0.29, 0.717) is 57.3 Å². The number of benzene rings is 2. The average Bonchev–Trinajstić information content (AvgIpc) is 2.91. The van der Waals surface area contributed by atoms with Crippen LogP contribution in [0.5, 0.6) is 23.0 Å². The number of ketones is 1. The summed E-state index contributed by atoms with van der Waals surface area (Å²) in [5, 5.41) is 3.36. The molecule has 0 fully saturated rings. The van der Waals surface area contributed by atoms with Gasteiger partial charge in [0.25, 0.3) is 0 Å². The Morgan fingerprint density at radius 3 is 2.32 bits per heavy atom. The van der Waals surface area contributed by atoms with Crippen molar-refractivity contribution < 1.29 is 33.3 Å².